The molecule has 0 saturated heterocycles. The van der Waals surface area contributed by atoms with Crippen LogP contribution in [0.2, 0.25) is 0 Å². The summed E-state index contributed by atoms with van der Waals surface area (Å²) in [5, 5.41) is 9.43. The Kier molecular flexibility index (Phi) is 7.27. The molecule has 0 aliphatic heterocycles. The van der Waals surface area contributed by atoms with E-state index >= 15 is 0 Å². The Morgan fingerprint density at radius 3 is 2.56 bits per heavy atom. The van der Waals surface area contributed by atoms with Crippen LogP contribution in [0.25, 0.3) is 0 Å². The Labute approximate surface area is 160 Å². The van der Waals surface area contributed by atoms with Crippen molar-refractivity contribution in [3.8, 4) is 0 Å². The van der Waals surface area contributed by atoms with Gasteiger partial charge in [0.2, 0.25) is 0 Å². The molecule has 0 spiro atoms. The van der Waals surface area contributed by atoms with Gasteiger partial charge in [-0.15, -0.1) is 23.4 Å². The molecule has 0 aromatic heterocycles. The van der Waals surface area contributed by atoms with Crippen LogP contribution in [0.1, 0.15) is 30.4 Å². The van der Waals surface area contributed by atoms with Crippen molar-refractivity contribution in [1.29, 1.82) is 0 Å². The van der Waals surface area contributed by atoms with Crippen molar-refractivity contribution in [3.05, 3.63) is 65.7 Å². The molecule has 3 heteroatoms. The maximum Gasteiger partial charge on any atom is 0.0471 e. The fourth-order valence-electron chi connectivity index (χ4n) is 3.80. The third-order valence-corrected chi connectivity index (χ3v) is 6.95. The number of aryl methyl sites for hydroxylation is 1. The first kappa shape index (κ1) is 18.8. The number of aliphatic hydroxyl groups is 1. The molecule has 25 heavy (non-hydrogen) atoms. The highest BCUT2D eigenvalue weighted by Gasteiger charge is 2.34. The summed E-state index contributed by atoms with van der Waals surface area (Å²) in [6, 6.07) is 19.3. The fraction of sp³-hybridized carbons (Fsp3) is 0.455. The quantitative estimate of drug-likeness (QED) is 0.480. The summed E-state index contributed by atoms with van der Waals surface area (Å²) in [5.41, 5.74) is 2.64. The molecule has 134 valence electrons. The van der Waals surface area contributed by atoms with E-state index in [0.717, 1.165) is 30.9 Å². The van der Waals surface area contributed by atoms with E-state index in [2.05, 4.69) is 54.6 Å². The summed E-state index contributed by atoms with van der Waals surface area (Å²) in [6.45, 7) is 0.210. The van der Waals surface area contributed by atoms with Gasteiger partial charge in [0.1, 0.15) is 0 Å². The van der Waals surface area contributed by atoms with Gasteiger partial charge in [-0.3, -0.25) is 0 Å². The van der Waals surface area contributed by atoms with E-state index in [4.69, 9.17) is 16.7 Å². The molecule has 0 bridgehead atoms. The SMILES string of the molecule is OCCc1cccc(SC[C@H]2C(Cl)CC[C@@H]2CCc2ccccc2)c1. The molecular formula is C22H27ClOS. The van der Waals surface area contributed by atoms with Gasteiger partial charge in [0.05, 0.1) is 0 Å². The topological polar surface area (TPSA) is 20.2 Å². The number of hydrogen-bond donors (Lipinski definition) is 1. The van der Waals surface area contributed by atoms with Gasteiger partial charge < -0.3 is 5.11 Å². The average Bonchev–Trinajstić information content (AvgIpc) is 2.99. The second-order valence-electron chi connectivity index (χ2n) is 6.97. The van der Waals surface area contributed by atoms with Crippen molar-refractivity contribution in [3.63, 3.8) is 0 Å². The third kappa shape index (κ3) is 5.51. The molecule has 2 aromatic carbocycles. The lowest BCUT2D eigenvalue weighted by atomic mass is 9.91. The highest BCUT2D eigenvalue weighted by Crippen LogP contribution is 2.41. The molecule has 1 N–H and O–H groups in total. The van der Waals surface area contributed by atoms with Gasteiger partial charge in [-0.25, -0.2) is 0 Å². The van der Waals surface area contributed by atoms with E-state index in [0.29, 0.717) is 11.3 Å². The van der Waals surface area contributed by atoms with Gasteiger partial charge in [0.25, 0.3) is 0 Å². The highest BCUT2D eigenvalue weighted by atomic mass is 35.5. The molecule has 1 aliphatic rings. The van der Waals surface area contributed by atoms with Crippen LogP contribution in [0.4, 0.5) is 0 Å². The summed E-state index contributed by atoms with van der Waals surface area (Å²) in [7, 11) is 0. The van der Waals surface area contributed by atoms with Crippen molar-refractivity contribution in [2.75, 3.05) is 12.4 Å². The Balaban J connectivity index is 1.55. The van der Waals surface area contributed by atoms with Crippen molar-refractivity contribution >= 4 is 23.4 Å². The molecule has 1 nitrogen and oxygen atoms in total. The molecule has 1 fully saturated rings. The van der Waals surface area contributed by atoms with Crippen LogP contribution in [0.15, 0.2) is 59.5 Å². The second kappa shape index (κ2) is 9.66. The first-order valence-electron chi connectivity index (χ1n) is 9.27. The van der Waals surface area contributed by atoms with E-state index in [9.17, 15) is 0 Å². The van der Waals surface area contributed by atoms with Gasteiger partial charge in [0.15, 0.2) is 0 Å². The van der Waals surface area contributed by atoms with E-state index in [1.54, 1.807) is 0 Å². The van der Waals surface area contributed by atoms with Crippen molar-refractivity contribution in [2.24, 2.45) is 11.8 Å². The summed E-state index contributed by atoms with van der Waals surface area (Å²) in [6.07, 6.45) is 5.54. The molecular weight excluding hydrogens is 348 g/mol. The van der Waals surface area contributed by atoms with Crippen LogP contribution in [-0.4, -0.2) is 22.8 Å². The lowest BCUT2D eigenvalue weighted by Gasteiger charge is -2.22. The van der Waals surface area contributed by atoms with Crippen molar-refractivity contribution < 1.29 is 5.11 Å². The van der Waals surface area contributed by atoms with E-state index in [-0.39, 0.29) is 6.61 Å². The van der Waals surface area contributed by atoms with Gasteiger partial charge >= 0.3 is 0 Å². The minimum Gasteiger partial charge on any atom is -0.396 e. The van der Waals surface area contributed by atoms with Crippen LogP contribution in [-0.2, 0) is 12.8 Å². The molecule has 1 unspecified atom stereocenters. The lowest BCUT2D eigenvalue weighted by Crippen LogP contribution is -2.18. The number of halogens is 1. The lowest BCUT2D eigenvalue weighted by molar-refractivity contribution is 0.299. The van der Waals surface area contributed by atoms with Gasteiger partial charge in [0, 0.05) is 22.6 Å². The van der Waals surface area contributed by atoms with Gasteiger partial charge in [-0.05, 0) is 67.2 Å². The average molecular weight is 375 g/mol. The molecule has 0 heterocycles. The first-order valence-corrected chi connectivity index (χ1v) is 10.7. The minimum atomic E-state index is 0.210. The predicted octanol–water partition coefficient (Wildman–Crippen LogP) is 5.58. The smallest absolute Gasteiger partial charge is 0.0471 e. The zero-order valence-electron chi connectivity index (χ0n) is 14.6. The first-order chi connectivity index (χ1) is 12.3. The second-order valence-corrected chi connectivity index (χ2v) is 8.63. The van der Waals surface area contributed by atoms with Crippen molar-refractivity contribution in [2.45, 2.75) is 42.4 Å². The number of aliphatic hydroxyl groups excluding tert-OH is 1. The Hall–Kier alpha value is -0.960. The molecule has 3 rings (SSSR count). The van der Waals surface area contributed by atoms with E-state index < -0.39 is 0 Å². The van der Waals surface area contributed by atoms with Crippen LogP contribution < -0.4 is 0 Å². The molecule has 1 saturated carbocycles. The van der Waals surface area contributed by atoms with E-state index in [1.165, 1.54) is 28.9 Å². The molecule has 0 amide bonds. The summed E-state index contributed by atoms with van der Waals surface area (Å²) in [4.78, 5) is 1.29. The third-order valence-electron chi connectivity index (χ3n) is 5.27. The standard InChI is InChI=1S/C22H27ClOS/c23-22-12-11-19(10-9-17-5-2-1-3-6-17)21(22)16-25-20-8-4-7-18(15-20)13-14-24/h1-8,15,19,21-22,24H,9-14,16H2/t19-,21+,22?/m0/s1. The molecule has 2 aromatic rings. The van der Waals surface area contributed by atoms with E-state index in [1.807, 2.05) is 11.8 Å². The maximum absolute atomic E-state index is 9.11. The monoisotopic (exact) mass is 374 g/mol. The van der Waals surface area contributed by atoms with Crippen LogP contribution >= 0.6 is 23.4 Å². The number of rotatable bonds is 8. The summed E-state index contributed by atoms with van der Waals surface area (Å²) in [5.74, 6) is 2.42. The van der Waals surface area contributed by atoms with Gasteiger partial charge in [-0.1, -0.05) is 42.5 Å². The summed E-state index contributed by atoms with van der Waals surface area (Å²) >= 11 is 8.58. The normalized spacial score (nSPS) is 23.0. The fourth-order valence-corrected chi connectivity index (χ4v) is 5.63. The maximum atomic E-state index is 9.11. The number of alkyl halides is 1. The van der Waals surface area contributed by atoms with Gasteiger partial charge in [-0.2, -0.15) is 0 Å². The largest absolute Gasteiger partial charge is 0.396 e. The number of thioether (sulfide) groups is 1. The van der Waals surface area contributed by atoms with Crippen LogP contribution in [0.5, 0.6) is 0 Å². The summed E-state index contributed by atoms with van der Waals surface area (Å²) < 4.78 is 0. The number of benzene rings is 2. The highest BCUT2D eigenvalue weighted by molar-refractivity contribution is 7.99. The predicted molar refractivity (Wildman–Crippen MR) is 109 cm³/mol. The molecule has 3 atom stereocenters. The minimum absolute atomic E-state index is 0.210. The Morgan fingerprint density at radius 2 is 1.76 bits per heavy atom. The molecule has 0 radical (unpaired) electrons. The molecule has 1 aliphatic carbocycles. The van der Waals surface area contributed by atoms with Crippen molar-refractivity contribution in [1.82, 2.24) is 0 Å². The number of hydrogen-bond acceptors (Lipinski definition) is 2. The Morgan fingerprint density at radius 1 is 0.960 bits per heavy atom. The zero-order chi connectivity index (χ0) is 17.5. The van der Waals surface area contributed by atoms with Crippen LogP contribution in [0.3, 0.4) is 0 Å². The zero-order valence-corrected chi connectivity index (χ0v) is 16.2. The van der Waals surface area contributed by atoms with Crippen LogP contribution in [0, 0.1) is 11.8 Å². The Bertz CT molecular complexity index is 645.